The number of nitrogens with one attached hydrogen (secondary N) is 1. The molecule has 2 fully saturated rings. The first-order chi connectivity index (χ1) is 11.3. The van der Waals surface area contributed by atoms with Crippen molar-refractivity contribution in [2.24, 2.45) is 5.92 Å². The third kappa shape index (κ3) is 3.46. The van der Waals surface area contributed by atoms with E-state index >= 15 is 0 Å². The molecule has 2 aliphatic heterocycles. The molecule has 0 saturated carbocycles. The summed E-state index contributed by atoms with van der Waals surface area (Å²) in [5, 5.41) is 0. The maximum absolute atomic E-state index is 13.8. The number of nitrogens with zero attached hydrogens (tertiary/aromatic N) is 1. The molecule has 24 heavy (non-hydrogen) atoms. The van der Waals surface area contributed by atoms with Gasteiger partial charge >= 0.3 is 0 Å². The third-order valence-corrected chi connectivity index (χ3v) is 6.27. The molecule has 0 spiro atoms. The number of morpholine rings is 1. The van der Waals surface area contributed by atoms with Crippen molar-refractivity contribution in [3.05, 3.63) is 29.8 Å². The summed E-state index contributed by atoms with van der Waals surface area (Å²) in [6.07, 6.45) is 0.695. The molecule has 2 heterocycles. The van der Waals surface area contributed by atoms with Gasteiger partial charge in [-0.05, 0) is 24.5 Å². The first kappa shape index (κ1) is 17.7. The molecule has 0 amide bonds. The molecule has 3 atom stereocenters. The Hall–Kier alpha value is -1.09. The first-order valence-corrected chi connectivity index (χ1v) is 9.58. The number of fused-ring (bicyclic) bond motifs is 1. The second-order valence-electron chi connectivity index (χ2n) is 6.83. The van der Waals surface area contributed by atoms with E-state index in [-0.39, 0.29) is 18.2 Å². The fourth-order valence-corrected chi connectivity index (χ4v) is 4.78. The lowest BCUT2D eigenvalue weighted by atomic mass is 10.0. The fourth-order valence-electron chi connectivity index (χ4n) is 3.41. The van der Waals surface area contributed by atoms with Gasteiger partial charge in [0, 0.05) is 25.2 Å². The first-order valence-electron chi connectivity index (χ1n) is 8.10. The van der Waals surface area contributed by atoms with E-state index in [0.717, 1.165) is 24.7 Å². The Labute approximate surface area is 141 Å². The van der Waals surface area contributed by atoms with E-state index in [0.29, 0.717) is 25.5 Å². The standard InChI is InChI=1S/C16H22F2N2O3S/c1-10(2)15-8-20-7-11(6-12(20)9-23-15)19-24(21,22)16-13(17)4-3-5-14(16)18/h3-5,10-12,15,19H,6-9H2,1-2H3/t11-,12+,15-/m1/s1. The van der Waals surface area contributed by atoms with Crippen LogP contribution in [0.1, 0.15) is 20.3 Å². The normalized spacial score (nSPS) is 28.3. The molecule has 5 nitrogen and oxygen atoms in total. The second-order valence-corrected chi connectivity index (χ2v) is 8.48. The van der Waals surface area contributed by atoms with Crippen LogP contribution in [-0.4, -0.2) is 51.2 Å². The van der Waals surface area contributed by atoms with Crippen LogP contribution in [0.3, 0.4) is 0 Å². The lowest BCUT2D eigenvalue weighted by molar-refractivity contribution is -0.0683. The number of benzene rings is 1. The molecule has 1 aromatic rings. The lowest BCUT2D eigenvalue weighted by Gasteiger charge is -2.36. The molecule has 8 heteroatoms. The van der Waals surface area contributed by atoms with Crippen LogP contribution in [0.25, 0.3) is 0 Å². The molecule has 1 N–H and O–H groups in total. The monoisotopic (exact) mass is 360 g/mol. The molecule has 2 saturated heterocycles. The van der Waals surface area contributed by atoms with Crippen LogP contribution in [0, 0.1) is 17.6 Å². The Morgan fingerprint density at radius 2 is 1.92 bits per heavy atom. The van der Waals surface area contributed by atoms with Gasteiger partial charge in [0.05, 0.1) is 12.7 Å². The Morgan fingerprint density at radius 1 is 1.25 bits per heavy atom. The molecule has 1 aromatic carbocycles. The van der Waals surface area contributed by atoms with E-state index in [2.05, 4.69) is 23.5 Å². The van der Waals surface area contributed by atoms with Crippen LogP contribution in [0.5, 0.6) is 0 Å². The zero-order valence-electron chi connectivity index (χ0n) is 13.7. The van der Waals surface area contributed by atoms with Crippen molar-refractivity contribution < 1.29 is 21.9 Å². The van der Waals surface area contributed by atoms with Gasteiger partial charge in [0.15, 0.2) is 4.90 Å². The summed E-state index contributed by atoms with van der Waals surface area (Å²) in [6.45, 7) is 5.99. The lowest BCUT2D eigenvalue weighted by Crippen LogP contribution is -2.48. The number of ether oxygens (including phenoxy) is 1. The number of rotatable bonds is 4. The molecule has 0 aliphatic carbocycles. The van der Waals surface area contributed by atoms with Crippen molar-refractivity contribution in [3.8, 4) is 0 Å². The van der Waals surface area contributed by atoms with Gasteiger partial charge < -0.3 is 4.74 Å². The van der Waals surface area contributed by atoms with Crippen molar-refractivity contribution in [3.63, 3.8) is 0 Å². The number of hydrogen-bond donors (Lipinski definition) is 1. The van der Waals surface area contributed by atoms with E-state index in [1.54, 1.807) is 0 Å². The van der Waals surface area contributed by atoms with Crippen LogP contribution in [0.2, 0.25) is 0 Å². The molecule has 0 radical (unpaired) electrons. The van der Waals surface area contributed by atoms with Crippen LogP contribution < -0.4 is 4.72 Å². The van der Waals surface area contributed by atoms with Gasteiger partial charge in [-0.2, -0.15) is 0 Å². The molecule has 0 unspecified atom stereocenters. The summed E-state index contributed by atoms with van der Waals surface area (Å²) in [4.78, 5) is 1.28. The van der Waals surface area contributed by atoms with E-state index in [1.165, 1.54) is 0 Å². The molecule has 134 valence electrons. The highest BCUT2D eigenvalue weighted by atomic mass is 32.2. The van der Waals surface area contributed by atoms with E-state index < -0.39 is 26.6 Å². The minimum Gasteiger partial charge on any atom is -0.375 e. The smallest absolute Gasteiger partial charge is 0.246 e. The van der Waals surface area contributed by atoms with Crippen molar-refractivity contribution >= 4 is 10.0 Å². The van der Waals surface area contributed by atoms with Gasteiger partial charge in [0.2, 0.25) is 10.0 Å². The predicted octanol–water partition coefficient (Wildman–Crippen LogP) is 1.74. The summed E-state index contributed by atoms with van der Waals surface area (Å²) < 4.78 is 60.5. The van der Waals surface area contributed by atoms with Crippen LogP contribution in [-0.2, 0) is 14.8 Å². The van der Waals surface area contributed by atoms with E-state index in [9.17, 15) is 17.2 Å². The zero-order chi connectivity index (χ0) is 17.5. The van der Waals surface area contributed by atoms with Gasteiger partial charge in [-0.25, -0.2) is 21.9 Å². The average molecular weight is 360 g/mol. The molecular weight excluding hydrogens is 338 g/mol. The Bertz CT molecular complexity index is 691. The molecular formula is C16H22F2N2O3S. The van der Waals surface area contributed by atoms with E-state index in [1.807, 2.05) is 0 Å². The number of halogens is 2. The molecule has 0 bridgehead atoms. The van der Waals surface area contributed by atoms with Crippen LogP contribution >= 0.6 is 0 Å². The average Bonchev–Trinajstić information content (AvgIpc) is 2.86. The van der Waals surface area contributed by atoms with Gasteiger partial charge in [-0.3, -0.25) is 4.90 Å². The fraction of sp³-hybridized carbons (Fsp3) is 0.625. The third-order valence-electron chi connectivity index (χ3n) is 4.70. The summed E-state index contributed by atoms with van der Waals surface area (Å²) in [5.41, 5.74) is 0. The predicted molar refractivity (Wildman–Crippen MR) is 85.0 cm³/mol. The largest absolute Gasteiger partial charge is 0.375 e. The van der Waals surface area contributed by atoms with Crippen molar-refractivity contribution in [1.82, 2.24) is 9.62 Å². The number of sulfonamides is 1. The maximum Gasteiger partial charge on any atom is 0.246 e. The maximum atomic E-state index is 13.8. The highest BCUT2D eigenvalue weighted by molar-refractivity contribution is 7.89. The Balaban J connectivity index is 1.71. The van der Waals surface area contributed by atoms with Crippen molar-refractivity contribution in [2.45, 2.75) is 43.4 Å². The highest BCUT2D eigenvalue weighted by Gasteiger charge is 2.40. The quantitative estimate of drug-likeness (QED) is 0.889. The summed E-state index contributed by atoms with van der Waals surface area (Å²) in [7, 11) is -4.25. The summed E-state index contributed by atoms with van der Waals surface area (Å²) >= 11 is 0. The molecule has 0 aromatic heterocycles. The zero-order valence-corrected chi connectivity index (χ0v) is 14.5. The van der Waals surface area contributed by atoms with Gasteiger partial charge in [-0.15, -0.1) is 0 Å². The van der Waals surface area contributed by atoms with Gasteiger partial charge in [-0.1, -0.05) is 19.9 Å². The van der Waals surface area contributed by atoms with Gasteiger partial charge in [0.1, 0.15) is 11.6 Å². The Morgan fingerprint density at radius 3 is 2.54 bits per heavy atom. The van der Waals surface area contributed by atoms with Crippen molar-refractivity contribution in [2.75, 3.05) is 19.7 Å². The summed E-state index contributed by atoms with van der Waals surface area (Å²) in [5.74, 6) is -1.78. The van der Waals surface area contributed by atoms with Crippen LogP contribution in [0.4, 0.5) is 8.78 Å². The topological polar surface area (TPSA) is 58.6 Å². The number of hydrogen-bond acceptors (Lipinski definition) is 4. The SMILES string of the molecule is CC(C)[C@H]1CN2C[C@H](NS(=O)(=O)c3c(F)cccc3F)C[C@H]2CO1. The molecule has 3 rings (SSSR count). The Kier molecular flexibility index (Phi) is 4.92. The minimum absolute atomic E-state index is 0.126. The van der Waals surface area contributed by atoms with Gasteiger partial charge in [0.25, 0.3) is 0 Å². The highest BCUT2D eigenvalue weighted by Crippen LogP contribution is 2.27. The minimum atomic E-state index is -4.25. The van der Waals surface area contributed by atoms with E-state index in [4.69, 9.17) is 4.74 Å². The second kappa shape index (κ2) is 6.67. The summed E-state index contributed by atoms with van der Waals surface area (Å²) in [6, 6.07) is 2.78. The molecule has 2 aliphatic rings. The van der Waals surface area contributed by atoms with Crippen LogP contribution in [0.15, 0.2) is 23.1 Å². The van der Waals surface area contributed by atoms with Crippen molar-refractivity contribution in [1.29, 1.82) is 0 Å².